The van der Waals surface area contributed by atoms with Gasteiger partial charge < -0.3 is 10.2 Å². The van der Waals surface area contributed by atoms with Crippen LogP contribution < -0.4 is 0 Å². The Kier molecular flexibility index (Phi) is 4.36. The van der Waals surface area contributed by atoms with Gasteiger partial charge in [-0.15, -0.1) is 18.3 Å². The molecule has 1 aromatic heterocycles. The summed E-state index contributed by atoms with van der Waals surface area (Å²) in [5.74, 6) is 0.227. The van der Waals surface area contributed by atoms with E-state index >= 15 is 0 Å². The van der Waals surface area contributed by atoms with Crippen molar-refractivity contribution in [1.29, 1.82) is 0 Å². The Morgan fingerprint density at radius 1 is 1.28 bits per heavy atom. The van der Waals surface area contributed by atoms with Crippen LogP contribution in [-0.4, -0.2) is 27.2 Å². The van der Waals surface area contributed by atoms with Gasteiger partial charge in [0.1, 0.15) is 0 Å². The summed E-state index contributed by atoms with van der Waals surface area (Å²) in [4.78, 5) is 5.40. The van der Waals surface area contributed by atoms with Gasteiger partial charge in [0.05, 0.1) is 5.52 Å². The second-order valence-corrected chi connectivity index (χ2v) is 5.02. The molecule has 94 valence electrons. The zero-order chi connectivity index (χ0) is 13.0. The van der Waals surface area contributed by atoms with E-state index in [0.29, 0.717) is 5.75 Å². The maximum Gasteiger partial charge on any atom is 0.158 e. The van der Waals surface area contributed by atoms with E-state index in [-0.39, 0.29) is 5.92 Å². The third kappa shape index (κ3) is 2.90. The fraction of sp³-hybridized carbons (Fsp3) is 0.214. The molecule has 3 nitrogen and oxygen atoms in total. The molecule has 0 saturated heterocycles. The first kappa shape index (κ1) is 13.1. The number of rotatable bonds is 5. The van der Waals surface area contributed by atoms with Crippen LogP contribution in [0.25, 0.3) is 10.9 Å². The van der Waals surface area contributed by atoms with Crippen LogP contribution in [0.4, 0.5) is 0 Å². The maximum absolute atomic E-state index is 9.16. The molecule has 2 rings (SSSR count). The highest BCUT2D eigenvalue weighted by atomic mass is 32.2. The third-order valence-electron chi connectivity index (χ3n) is 2.71. The zero-order valence-corrected chi connectivity index (χ0v) is 10.7. The summed E-state index contributed by atoms with van der Waals surface area (Å²) in [6, 6.07) is 9.89. The fourth-order valence-corrected chi connectivity index (χ4v) is 2.82. The van der Waals surface area contributed by atoms with Crippen molar-refractivity contribution in [2.45, 2.75) is 11.2 Å². The molecule has 0 aliphatic carbocycles. The van der Waals surface area contributed by atoms with Crippen LogP contribution in [-0.2, 0) is 0 Å². The average molecular weight is 261 g/mol. The van der Waals surface area contributed by atoms with Gasteiger partial charge in [0, 0.05) is 28.1 Å². The number of nitrogens with zero attached hydrogens (tertiary/aromatic N) is 1. The quantitative estimate of drug-likeness (QED) is 0.493. The molecule has 0 saturated carbocycles. The molecule has 1 unspecified atom stereocenters. The molecule has 2 aromatic rings. The van der Waals surface area contributed by atoms with E-state index in [1.165, 1.54) is 0 Å². The Morgan fingerprint density at radius 3 is 2.78 bits per heavy atom. The van der Waals surface area contributed by atoms with Crippen LogP contribution in [0, 0.1) is 5.92 Å². The van der Waals surface area contributed by atoms with E-state index in [0.717, 1.165) is 15.8 Å². The Hall–Kier alpha value is -1.36. The first-order valence-corrected chi connectivity index (χ1v) is 6.66. The lowest BCUT2D eigenvalue weighted by atomic mass is 10.2. The molecule has 0 radical (unpaired) electrons. The van der Waals surface area contributed by atoms with E-state index in [9.17, 15) is 0 Å². The van der Waals surface area contributed by atoms with Crippen molar-refractivity contribution in [2.24, 2.45) is 5.92 Å². The standard InChI is InChI=1S/C14H15NO2S/c1-2-10(14(16)17)9-18-12-7-3-5-11-6-4-8-15-13(11)12/h2-8,10,14,16-17H,1,9H2. The highest BCUT2D eigenvalue weighted by molar-refractivity contribution is 7.99. The van der Waals surface area contributed by atoms with Gasteiger partial charge in [0.25, 0.3) is 0 Å². The van der Waals surface area contributed by atoms with Gasteiger partial charge in [0.2, 0.25) is 0 Å². The molecule has 0 bridgehead atoms. The van der Waals surface area contributed by atoms with Crippen molar-refractivity contribution >= 4 is 22.7 Å². The highest BCUT2D eigenvalue weighted by Gasteiger charge is 2.13. The second-order valence-electron chi connectivity index (χ2n) is 3.96. The molecule has 0 amide bonds. The van der Waals surface area contributed by atoms with Crippen molar-refractivity contribution in [3.63, 3.8) is 0 Å². The molecule has 1 atom stereocenters. The van der Waals surface area contributed by atoms with Crippen LogP contribution in [0.15, 0.2) is 54.1 Å². The van der Waals surface area contributed by atoms with E-state index in [4.69, 9.17) is 10.2 Å². The normalized spacial score (nSPS) is 12.8. The van der Waals surface area contributed by atoms with Crippen LogP contribution >= 0.6 is 11.8 Å². The first-order valence-electron chi connectivity index (χ1n) is 5.67. The number of aliphatic hydroxyl groups is 2. The molecule has 0 spiro atoms. The van der Waals surface area contributed by atoms with Gasteiger partial charge in [-0.3, -0.25) is 4.98 Å². The minimum Gasteiger partial charge on any atom is -0.368 e. The predicted octanol–water partition coefficient (Wildman–Crippen LogP) is 2.44. The number of fused-ring (bicyclic) bond motifs is 1. The lowest BCUT2D eigenvalue weighted by Gasteiger charge is -2.14. The Bertz CT molecular complexity index is 537. The van der Waals surface area contributed by atoms with Crippen LogP contribution in [0.5, 0.6) is 0 Å². The monoisotopic (exact) mass is 261 g/mol. The number of aliphatic hydroxyl groups excluding tert-OH is 1. The van der Waals surface area contributed by atoms with Crippen molar-refractivity contribution in [3.8, 4) is 0 Å². The fourth-order valence-electron chi connectivity index (χ4n) is 1.65. The van der Waals surface area contributed by atoms with Crippen LogP contribution in [0.1, 0.15) is 0 Å². The molecule has 0 aliphatic rings. The number of aromatic nitrogens is 1. The molecule has 4 heteroatoms. The molecule has 18 heavy (non-hydrogen) atoms. The molecular formula is C14H15NO2S. The summed E-state index contributed by atoms with van der Waals surface area (Å²) in [5, 5.41) is 19.4. The topological polar surface area (TPSA) is 53.4 Å². The Labute approximate surface area is 110 Å². The number of thioether (sulfide) groups is 1. The number of pyridine rings is 1. The summed E-state index contributed by atoms with van der Waals surface area (Å²) < 4.78 is 0. The second kappa shape index (κ2) is 6.00. The van der Waals surface area contributed by atoms with Gasteiger partial charge in [0.15, 0.2) is 6.29 Å². The SMILES string of the molecule is C=CC(CSc1cccc2cccnc12)C(O)O. The van der Waals surface area contributed by atoms with Crippen molar-refractivity contribution in [3.05, 3.63) is 49.2 Å². The summed E-state index contributed by atoms with van der Waals surface area (Å²) in [7, 11) is 0. The van der Waals surface area contributed by atoms with Gasteiger partial charge >= 0.3 is 0 Å². The first-order chi connectivity index (χ1) is 8.72. The average Bonchev–Trinajstić information content (AvgIpc) is 2.39. The van der Waals surface area contributed by atoms with Gasteiger partial charge in [-0.25, -0.2) is 0 Å². The predicted molar refractivity (Wildman–Crippen MR) is 74.4 cm³/mol. The Morgan fingerprint density at radius 2 is 2.06 bits per heavy atom. The van der Waals surface area contributed by atoms with Crippen molar-refractivity contribution in [1.82, 2.24) is 4.98 Å². The summed E-state index contributed by atoms with van der Waals surface area (Å²) in [6.07, 6.45) is 1.96. The zero-order valence-electron chi connectivity index (χ0n) is 9.86. The maximum atomic E-state index is 9.16. The molecule has 0 aliphatic heterocycles. The highest BCUT2D eigenvalue weighted by Crippen LogP contribution is 2.28. The van der Waals surface area contributed by atoms with Gasteiger partial charge in [-0.2, -0.15) is 0 Å². The minimum atomic E-state index is -1.36. The molecule has 1 aromatic carbocycles. The lowest BCUT2D eigenvalue weighted by molar-refractivity contribution is -0.0638. The van der Waals surface area contributed by atoms with Gasteiger partial charge in [-0.05, 0) is 12.1 Å². The van der Waals surface area contributed by atoms with E-state index in [2.05, 4.69) is 11.6 Å². The summed E-state index contributed by atoms with van der Waals surface area (Å²) >= 11 is 1.56. The number of para-hydroxylation sites is 1. The largest absolute Gasteiger partial charge is 0.368 e. The molecule has 1 heterocycles. The number of benzene rings is 1. The van der Waals surface area contributed by atoms with Crippen LogP contribution in [0.2, 0.25) is 0 Å². The van der Waals surface area contributed by atoms with Crippen LogP contribution in [0.3, 0.4) is 0 Å². The number of hydrogen-bond donors (Lipinski definition) is 2. The minimum absolute atomic E-state index is 0.339. The third-order valence-corrected chi connectivity index (χ3v) is 3.90. The molecule has 0 fully saturated rings. The summed E-state index contributed by atoms with van der Waals surface area (Å²) in [5.41, 5.74) is 0.945. The molecular weight excluding hydrogens is 246 g/mol. The van der Waals surface area contributed by atoms with Crippen molar-refractivity contribution < 1.29 is 10.2 Å². The van der Waals surface area contributed by atoms with Gasteiger partial charge in [-0.1, -0.05) is 24.3 Å². The van der Waals surface area contributed by atoms with E-state index in [1.54, 1.807) is 24.0 Å². The lowest BCUT2D eigenvalue weighted by Crippen LogP contribution is -2.19. The number of hydrogen-bond acceptors (Lipinski definition) is 4. The smallest absolute Gasteiger partial charge is 0.158 e. The van der Waals surface area contributed by atoms with E-state index in [1.807, 2.05) is 30.3 Å². The Balaban J connectivity index is 2.19. The van der Waals surface area contributed by atoms with E-state index < -0.39 is 6.29 Å². The summed E-state index contributed by atoms with van der Waals surface area (Å²) in [6.45, 7) is 3.61. The molecule has 2 N–H and O–H groups in total. The van der Waals surface area contributed by atoms with Crippen molar-refractivity contribution in [2.75, 3.05) is 5.75 Å².